The molecule has 28 heavy (non-hydrogen) atoms. The average molecular weight is 377 g/mol. The number of hydrazine groups is 1. The van der Waals surface area contributed by atoms with Crippen molar-refractivity contribution in [3.63, 3.8) is 0 Å². The molecule has 0 spiro atoms. The highest BCUT2D eigenvalue weighted by molar-refractivity contribution is 5.91. The fourth-order valence-corrected chi connectivity index (χ4v) is 4.61. The van der Waals surface area contributed by atoms with Crippen LogP contribution in [0.2, 0.25) is 0 Å². The van der Waals surface area contributed by atoms with Crippen LogP contribution >= 0.6 is 0 Å². The maximum atomic E-state index is 5.53. The maximum absolute atomic E-state index is 5.53. The Bertz CT molecular complexity index is 973. The largest absolute Gasteiger partial charge is 0.381 e. The van der Waals surface area contributed by atoms with Crippen molar-refractivity contribution >= 4 is 24.3 Å². The van der Waals surface area contributed by atoms with Crippen molar-refractivity contribution in [3.05, 3.63) is 40.3 Å². The quantitative estimate of drug-likeness (QED) is 0.872. The van der Waals surface area contributed by atoms with Crippen LogP contribution in [0.3, 0.4) is 0 Å². The van der Waals surface area contributed by atoms with Crippen molar-refractivity contribution in [1.29, 1.82) is 0 Å². The Kier molecular flexibility index (Phi) is 4.51. The number of nitrogens with zero attached hydrogens (tertiary/aromatic N) is 4. The minimum Gasteiger partial charge on any atom is -0.381 e. The van der Waals surface area contributed by atoms with Crippen LogP contribution in [0.25, 0.3) is 12.8 Å². The fourth-order valence-electron chi connectivity index (χ4n) is 4.61. The number of aromatic nitrogens is 2. The molecule has 4 heterocycles. The van der Waals surface area contributed by atoms with E-state index in [-0.39, 0.29) is 0 Å². The molecule has 2 unspecified atom stereocenters. The molecule has 1 aromatic heterocycles. The van der Waals surface area contributed by atoms with Gasteiger partial charge < -0.3 is 10.2 Å². The minimum atomic E-state index is 0.334. The molecule has 4 aliphatic rings. The molecule has 0 aromatic carbocycles. The Morgan fingerprint density at radius 1 is 1.14 bits per heavy atom. The number of hydrogen-bond acceptors (Lipinski definition) is 6. The number of nitrogens with one attached hydrogen (secondary N) is 1. The molecule has 146 valence electrons. The topological polar surface area (TPSA) is 62.6 Å². The van der Waals surface area contributed by atoms with Gasteiger partial charge in [0.15, 0.2) is 5.82 Å². The van der Waals surface area contributed by atoms with Gasteiger partial charge in [0.05, 0.1) is 16.6 Å². The van der Waals surface area contributed by atoms with Gasteiger partial charge in [-0.3, -0.25) is 10.0 Å². The summed E-state index contributed by atoms with van der Waals surface area (Å²) in [5.41, 5.74) is 6.01. The molecule has 0 bridgehead atoms. The summed E-state index contributed by atoms with van der Waals surface area (Å²) in [6.45, 7) is 7.99. The highest BCUT2D eigenvalue weighted by Crippen LogP contribution is 2.43. The first-order valence-corrected chi connectivity index (χ1v) is 10.3. The molecule has 1 saturated carbocycles. The zero-order valence-corrected chi connectivity index (χ0v) is 16.4. The summed E-state index contributed by atoms with van der Waals surface area (Å²) < 4.78 is 5.53. The molecule has 6 heteroatoms. The molecule has 0 amide bonds. The molecule has 3 aliphatic heterocycles. The summed E-state index contributed by atoms with van der Waals surface area (Å²) >= 11 is 0. The van der Waals surface area contributed by atoms with E-state index < -0.39 is 0 Å². The minimum absolute atomic E-state index is 0.334. The number of ether oxygens (including phenoxy) is 1. The number of hydrogen-bond donors (Lipinski definition) is 1. The van der Waals surface area contributed by atoms with E-state index >= 15 is 0 Å². The van der Waals surface area contributed by atoms with Crippen molar-refractivity contribution in [2.24, 2.45) is 10.9 Å². The predicted molar refractivity (Wildman–Crippen MR) is 111 cm³/mol. The van der Waals surface area contributed by atoms with Gasteiger partial charge in [-0.1, -0.05) is 18.2 Å². The zero-order chi connectivity index (χ0) is 19.1. The number of aliphatic imine (C=N–C) groups is 1. The lowest BCUT2D eigenvalue weighted by atomic mass is 9.69. The van der Waals surface area contributed by atoms with E-state index in [2.05, 4.69) is 30.0 Å². The highest BCUT2D eigenvalue weighted by atomic mass is 16.5. The van der Waals surface area contributed by atoms with Crippen molar-refractivity contribution in [2.45, 2.75) is 51.0 Å². The van der Waals surface area contributed by atoms with Gasteiger partial charge in [0.25, 0.3) is 0 Å². The first-order chi connectivity index (χ1) is 13.7. The fraction of sp³-hybridized carbons (Fsp3) is 0.500. The van der Waals surface area contributed by atoms with Crippen LogP contribution in [0.1, 0.15) is 50.8 Å². The second-order valence-electron chi connectivity index (χ2n) is 8.19. The first kappa shape index (κ1) is 17.6. The monoisotopic (exact) mass is 377 g/mol. The molecule has 1 saturated heterocycles. The molecule has 6 nitrogen and oxygen atoms in total. The van der Waals surface area contributed by atoms with Gasteiger partial charge in [-0.05, 0) is 38.7 Å². The van der Waals surface area contributed by atoms with Gasteiger partial charge in [0, 0.05) is 49.6 Å². The average Bonchev–Trinajstić information content (AvgIpc) is 2.98. The first-order valence-electron chi connectivity index (χ1n) is 10.3. The second kappa shape index (κ2) is 7.17. The molecule has 1 aliphatic carbocycles. The summed E-state index contributed by atoms with van der Waals surface area (Å²) in [6.07, 6.45) is 13.3. The van der Waals surface area contributed by atoms with Crippen LogP contribution in [0, 0.1) is 5.92 Å². The Morgan fingerprint density at radius 2 is 1.96 bits per heavy atom. The van der Waals surface area contributed by atoms with Gasteiger partial charge in [0.2, 0.25) is 0 Å². The van der Waals surface area contributed by atoms with Crippen molar-refractivity contribution in [2.75, 3.05) is 18.2 Å². The third kappa shape index (κ3) is 3.05. The summed E-state index contributed by atoms with van der Waals surface area (Å²) in [6, 6.07) is 0.398. The third-order valence-corrected chi connectivity index (χ3v) is 6.36. The van der Waals surface area contributed by atoms with E-state index in [1.807, 2.05) is 18.5 Å². The van der Waals surface area contributed by atoms with Gasteiger partial charge in [-0.25, -0.2) is 9.97 Å². The SMILES string of the molecule is C=c1nc(C2CCC2C2=NC=CC=C(C)C2)nc2c1=CNN2C1CCOCC1. The maximum Gasteiger partial charge on any atom is 0.160 e. The van der Waals surface area contributed by atoms with Crippen LogP contribution in [-0.2, 0) is 4.74 Å². The van der Waals surface area contributed by atoms with E-state index in [9.17, 15) is 0 Å². The lowest BCUT2D eigenvalue weighted by molar-refractivity contribution is 0.0832. The highest BCUT2D eigenvalue weighted by Gasteiger charge is 2.38. The van der Waals surface area contributed by atoms with Gasteiger partial charge in [-0.2, -0.15) is 0 Å². The number of anilines is 1. The molecular formula is C22H27N5O. The summed E-state index contributed by atoms with van der Waals surface area (Å²) in [5.74, 6) is 2.66. The Hall–Kier alpha value is -2.47. The summed E-state index contributed by atoms with van der Waals surface area (Å²) in [4.78, 5) is 14.6. The van der Waals surface area contributed by atoms with Crippen molar-refractivity contribution in [3.8, 4) is 0 Å². The molecular weight excluding hydrogens is 350 g/mol. The summed E-state index contributed by atoms with van der Waals surface area (Å²) in [5, 5.41) is 4.02. The molecule has 2 fully saturated rings. The van der Waals surface area contributed by atoms with Crippen molar-refractivity contribution in [1.82, 2.24) is 15.4 Å². The van der Waals surface area contributed by atoms with Gasteiger partial charge in [-0.15, -0.1) is 0 Å². The Labute approximate surface area is 165 Å². The van der Waals surface area contributed by atoms with Crippen LogP contribution in [0.5, 0.6) is 0 Å². The Balaban J connectivity index is 1.44. The number of allylic oxidation sites excluding steroid dienone is 3. The van der Waals surface area contributed by atoms with Crippen molar-refractivity contribution < 1.29 is 4.74 Å². The molecule has 1 N–H and O–H groups in total. The zero-order valence-electron chi connectivity index (χ0n) is 16.4. The summed E-state index contributed by atoms with van der Waals surface area (Å²) in [7, 11) is 0. The van der Waals surface area contributed by atoms with Gasteiger partial charge in [0.1, 0.15) is 5.82 Å². The predicted octanol–water partition coefficient (Wildman–Crippen LogP) is 1.93. The molecule has 1 aromatic rings. The molecule has 5 rings (SSSR count). The standard InChI is InChI=1S/C22H27N5O/c1-14-4-3-9-23-20(12-14)17-5-6-18(17)21-25-15(2)19-13-24-27(22(19)26-21)16-7-10-28-11-8-16/h3-4,9,13,16-18,24H,2,5-8,10-12H2,1H3. The smallest absolute Gasteiger partial charge is 0.160 e. The van der Waals surface area contributed by atoms with Crippen LogP contribution in [-0.4, -0.2) is 34.9 Å². The lowest BCUT2D eigenvalue weighted by Crippen LogP contribution is -2.46. The van der Waals surface area contributed by atoms with Crippen LogP contribution < -0.4 is 21.0 Å². The van der Waals surface area contributed by atoms with Gasteiger partial charge >= 0.3 is 0 Å². The lowest BCUT2D eigenvalue weighted by Gasteiger charge is -2.37. The van der Waals surface area contributed by atoms with E-state index in [1.165, 1.54) is 11.3 Å². The second-order valence-corrected chi connectivity index (χ2v) is 8.19. The molecule has 0 radical (unpaired) electrons. The normalized spacial score (nSPS) is 27.1. The molecule has 2 atom stereocenters. The number of fused-ring (bicyclic) bond motifs is 1. The van der Waals surface area contributed by atoms with E-state index in [0.717, 1.165) is 67.5 Å². The Morgan fingerprint density at radius 3 is 2.75 bits per heavy atom. The van der Waals surface area contributed by atoms with E-state index in [4.69, 9.17) is 19.7 Å². The van der Waals surface area contributed by atoms with Crippen LogP contribution in [0.15, 0.2) is 28.9 Å². The van der Waals surface area contributed by atoms with E-state index in [0.29, 0.717) is 17.9 Å². The van der Waals surface area contributed by atoms with Crippen LogP contribution in [0.4, 0.5) is 5.82 Å². The van der Waals surface area contributed by atoms with E-state index in [1.54, 1.807) is 0 Å². The number of rotatable bonds is 3. The third-order valence-electron chi connectivity index (χ3n) is 6.36.